The summed E-state index contributed by atoms with van der Waals surface area (Å²) in [5.41, 5.74) is 14.5. The first-order chi connectivity index (χ1) is 8.58. The van der Waals surface area contributed by atoms with Gasteiger partial charge >= 0.3 is 0 Å². The zero-order valence-corrected chi connectivity index (χ0v) is 11.1. The smallest absolute Gasteiger partial charge is 0.0595 e. The number of nitrogens with two attached hydrogens (primary N) is 2. The van der Waals surface area contributed by atoms with Crippen LogP contribution in [0.3, 0.4) is 0 Å². The van der Waals surface area contributed by atoms with E-state index in [4.69, 9.17) is 34.7 Å². The van der Waals surface area contributed by atoms with E-state index >= 15 is 0 Å². The van der Waals surface area contributed by atoms with Crippen LogP contribution in [0.15, 0.2) is 36.7 Å². The van der Waals surface area contributed by atoms with Crippen LogP contribution in [0.2, 0.25) is 10.0 Å². The fourth-order valence-corrected chi connectivity index (χ4v) is 2.08. The monoisotopic (exact) mass is 281 g/mol. The molecule has 0 spiro atoms. The summed E-state index contributed by atoms with van der Waals surface area (Å²) in [6.45, 7) is 0. The van der Waals surface area contributed by atoms with E-state index in [1.165, 1.54) is 0 Å². The quantitative estimate of drug-likeness (QED) is 0.908. The van der Waals surface area contributed by atoms with E-state index in [-0.39, 0.29) is 6.04 Å². The second-order valence-corrected chi connectivity index (χ2v) is 4.88. The highest BCUT2D eigenvalue weighted by Gasteiger charge is 2.11. The van der Waals surface area contributed by atoms with Crippen molar-refractivity contribution in [1.29, 1.82) is 0 Å². The third kappa shape index (κ3) is 2.93. The molecule has 0 aliphatic carbocycles. The summed E-state index contributed by atoms with van der Waals surface area (Å²) >= 11 is 11.8. The van der Waals surface area contributed by atoms with Gasteiger partial charge in [0.1, 0.15) is 0 Å². The number of nitrogens with zero attached hydrogens (tertiary/aromatic N) is 1. The summed E-state index contributed by atoms with van der Waals surface area (Å²) in [6, 6.07) is 7.01. The van der Waals surface area contributed by atoms with Crippen molar-refractivity contribution in [3.63, 3.8) is 0 Å². The molecule has 0 radical (unpaired) electrons. The Hall–Kier alpha value is -1.29. The van der Waals surface area contributed by atoms with Crippen molar-refractivity contribution >= 4 is 28.9 Å². The summed E-state index contributed by atoms with van der Waals surface area (Å²) in [7, 11) is 0. The molecule has 0 saturated carbocycles. The molecule has 0 saturated heterocycles. The Labute approximate surface area is 116 Å². The summed E-state index contributed by atoms with van der Waals surface area (Å²) in [5, 5.41) is 1.07. The first-order valence-corrected chi connectivity index (χ1v) is 6.22. The van der Waals surface area contributed by atoms with Crippen LogP contribution in [-0.2, 0) is 6.42 Å². The molecule has 1 aromatic heterocycles. The molecule has 94 valence electrons. The molecule has 1 aromatic carbocycles. The van der Waals surface area contributed by atoms with Crippen LogP contribution in [0.5, 0.6) is 0 Å². The SMILES string of the molecule is Nc1ccncc1C(N)Cc1ccc(Cl)c(Cl)c1. The Morgan fingerprint density at radius 3 is 2.61 bits per heavy atom. The highest BCUT2D eigenvalue weighted by molar-refractivity contribution is 6.42. The molecule has 0 amide bonds. The maximum absolute atomic E-state index is 6.12. The van der Waals surface area contributed by atoms with E-state index in [2.05, 4.69) is 4.98 Å². The number of aromatic nitrogens is 1. The molecule has 2 aromatic rings. The van der Waals surface area contributed by atoms with Gasteiger partial charge in [-0.3, -0.25) is 4.98 Å². The zero-order chi connectivity index (χ0) is 13.1. The number of pyridine rings is 1. The third-order valence-electron chi connectivity index (χ3n) is 2.73. The Balaban J connectivity index is 2.19. The number of anilines is 1. The van der Waals surface area contributed by atoms with Gasteiger partial charge in [0.15, 0.2) is 0 Å². The van der Waals surface area contributed by atoms with E-state index in [9.17, 15) is 0 Å². The minimum atomic E-state index is -0.212. The average molecular weight is 282 g/mol. The summed E-state index contributed by atoms with van der Waals surface area (Å²) in [5.74, 6) is 0. The van der Waals surface area contributed by atoms with Crippen LogP contribution < -0.4 is 11.5 Å². The van der Waals surface area contributed by atoms with E-state index in [1.807, 2.05) is 12.1 Å². The molecule has 0 aliphatic rings. The molecule has 18 heavy (non-hydrogen) atoms. The molecule has 1 heterocycles. The average Bonchev–Trinajstić information content (AvgIpc) is 2.34. The fourth-order valence-electron chi connectivity index (χ4n) is 1.76. The highest BCUT2D eigenvalue weighted by atomic mass is 35.5. The minimum Gasteiger partial charge on any atom is -0.398 e. The molecule has 3 nitrogen and oxygen atoms in total. The van der Waals surface area contributed by atoms with E-state index in [0.717, 1.165) is 11.1 Å². The van der Waals surface area contributed by atoms with Crippen molar-refractivity contribution in [3.8, 4) is 0 Å². The molecular formula is C13H13Cl2N3. The lowest BCUT2D eigenvalue weighted by Crippen LogP contribution is -2.15. The third-order valence-corrected chi connectivity index (χ3v) is 3.47. The van der Waals surface area contributed by atoms with E-state index in [0.29, 0.717) is 22.2 Å². The van der Waals surface area contributed by atoms with Gasteiger partial charge in [0, 0.05) is 29.7 Å². The summed E-state index contributed by atoms with van der Waals surface area (Å²) < 4.78 is 0. The van der Waals surface area contributed by atoms with E-state index < -0.39 is 0 Å². The standard InChI is InChI=1S/C13H13Cl2N3/c14-10-2-1-8(5-11(10)15)6-13(17)9-7-18-4-3-12(9)16/h1-5,7,13H,6,17H2,(H2,16,18). The van der Waals surface area contributed by atoms with Crippen molar-refractivity contribution in [3.05, 3.63) is 57.8 Å². The van der Waals surface area contributed by atoms with Crippen LogP contribution in [0, 0.1) is 0 Å². The molecule has 0 fully saturated rings. The second kappa shape index (κ2) is 5.57. The van der Waals surface area contributed by atoms with Gasteiger partial charge < -0.3 is 11.5 Å². The van der Waals surface area contributed by atoms with Gasteiger partial charge in [-0.1, -0.05) is 29.3 Å². The van der Waals surface area contributed by atoms with Crippen LogP contribution in [0.4, 0.5) is 5.69 Å². The first kappa shape index (κ1) is 13.1. The van der Waals surface area contributed by atoms with Gasteiger partial charge in [-0.05, 0) is 30.2 Å². The molecule has 0 bridgehead atoms. The normalized spacial score (nSPS) is 12.4. The Morgan fingerprint density at radius 1 is 1.17 bits per heavy atom. The number of hydrogen-bond acceptors (Lipinski definition) is 3. The predicted molar refractivity (Wildman–Crippen MR) is 75.7 cm³/mol. The molecule has 2 rings (SSSR count). The maximum Gasteiger partial charge on any atom is 0.0595 e. The van der Waals surface area contributed by atoms with Gasteiger partial charge in [0.05, 0.1) is 10.0 Å². The molecule has 4 N–H and O–H groups in total. The molecule has 5 heteroatoms. The van der Waals surface area contributed by atoms with Crippen LogP contribution in [-0.4, -0.2) is 4.98 Å². The van der Waals surface area contributed by atoms with Gasteiger partial charge in [-0.15, -0.1) is 0 Å². The lowest BCUT2D eigenvalue weighted by atomic mass is 10.00. The predicted octanol–water partition coefficient (Wildman–Crippen LogP) is 3.21. The Morgan fingerprint density at radius 2 is 1.94 bits per heavy atom. The maximum atomic E-state index is 6.12. The Kier molecular flexibility index (Phi) is 4.07. The fraction of sp³-hybridized carbons (Fsp3) is 0.154. The molecule has 1 atom stereocenters. The Bertz CT molecular complexity index is 558. The number of halogens is 2. The van der Waals surface area contributed by atoms with Gasteiger partial charge in [-0.2, -0.15) is 0 Å². The van der Waals surface area contributed by atoms with Gasteiger partial charge in [0.25, 0.3) is 0 Å². The van der Waals surface area contributed by atoms with Crippen LogP contribution >= 0.6 is 23.2 Å². The van der Waals surface area contributed by atoms with Crippen LogP contribution in [0.25, 0.3) is 0 Å². The summed E-state index contributed by atoms with van der Waals surface area (Å²) in [6.07, 6.45) is 3.97. The van der Waals surface area contributed by atoms with E-state index in [1.54, 1.807) is 24.5 Å². The second-order valence-electron chi connectivity index (χ2n) is 4.06. The molecular weight excluding hydrogens is 269 g/mol. The zero-order valence-electron chi connectivity index (χ0n) is 9.61. The van der Waals surface area contributed by atoms with Gasteiger partial charge in [0.2, 0.25) is 0 Å². The number of hydrogen-bond donors (Lipinski definition) is 2. The molecule has 1 unspecified atom stereocenters. The minimum absolute atomic E-state index is 0.212. The first-order valence-electron chi connectivity index (χ1n) is 5.47. The topological polar surface area (TPSA) is 64.9 Å². The lowest BCUT2D eigenvalue weighted by Gasteiger charge is -2.14. The number of benzene rings is 1. The van der Waals surface area contributed by atoms with Crippen molar-refractivity contribution in [2.75, 3.05) is 5.73 Å². The summed E-state index contributed by atoms with van der Waals surface area (Å²) in [4.78, 5) is 4.03. The number of nitrogen functional groups attached to an aromatic ring is 1. The van der Waals surface area contributed by atoms with Crippen molar-refractivity contribution in [2.24, 2.45) is 5.73 Å². The van der Waals surface area contributed by atoms with Crippen LogP contribution in [0.1, 0.15) is 17.2 Å². The van der Waals surface area contributed by atoms with Crippen molar-refractivity contribution in [1.82, 2.24) is 4.98 Å². The highest BCUT2D eigenvalue weighted by Crippen LogP contribution is 2.26. The van der Waals surface area contributed by atoms with Crippen molar-refractivity contribution < 1.29 is 0 Å². The van der Waals surface area contributed by atoms with Crippen molar-refractivity contribution in [2.45, 2.75) is 12.5 Å². The molecule has 0 aliphatic heterocycles. The largest absolute Gasteiger partial charge is 0.398 e. The lowest BCUT2D eigenvalue weighted by molar-refractivity contribution is 0.720. The number of rotatable bonds is 3. The van der Waals surface area contributed by atoms with Gasteiger partial charge in [-0.25, -0.2) is 0 Å².